The van der Waals surface area contributed by atoms with E-state index in [-0.39, 0.29) is 17.0 Å². The van der Waals surface area contributed by atoms with E-state index in [0.717, 1.165) is 0 Å². The number of nitrogens with one attached hydrogen (secondary N) is 1. The van der Waals surface area contributed by atoms with Gasteiger partial charge in [-0.1, -0.05) is 20.8 Å². The van der Waals surface area contributed by atoms with Crippen LogP contribution in [0.4, 0.5) is 5.69 Å². The summed E-state index contributed by atoms with van der Waals surface area (Å²) in [5.74, 6) is -0.301. The van der Waals surface area contributed by atoms with Crippen LogP contribution in [0.2, 0.25) is 0 Å². The molecule has 1 aromatic carbocycles. The van der Waals surface area contributed by atoms with Gasteiger partial charge >= 0.3 is 5.97 Å². The minimum absolute atomic E-state index is 0.0405. The van der Waals surface area contributed by atoms with Gasteiger partial charge in [-0.2, -0.15) is 0 Å². The molecule has 0 aromatic heterocycles. The maximum Gasteiger partial charge on any atom is 0.337 e. The number of carbonyl (C=O) groups is 1. The molecule has 1 atom stereocenters. The summed E-state index contributed by atoms with van der Waals surface area (Å²) in [5.41, 5.74) is 0.884. The summed E-state index contributed by atoms with van der Waals surface area (Å²) in [5, 5.41) is 12.4. The first kappa shape index (κ1) is 14.4. The van der Waals surface area contributed by atoms with Crippen LogP contribution in [0.15, 0.2) is 18.2 Å². The van der Waals surface area contributed by atoms with Crippen LogP contribution in [-0.2, 0) is 0 Å². The molecular weight excluding hydrogens is 230 g/mol. The van der Waals surface area contributed by atoms with Gasteiger partial charge in [0.1, 0.15) is 5.75 Å². The molecule has 0 aliphatic carbocycles. The van der Waals surface area contributed by atoms with Crippen LogP contribution < -0.4 is 10.1 Å². The van der Waals surface area contributed by atoms with Crippen LogP contribution in [0.3, 0.4) is 0 Å². The average Bonchev–Trinajstić information content (AvgIpc) is 2.27. The lowest BCUT2D eigenvalue weighted by Crippen LogP contribution is -2.31. The lowest BCUT2D eigenvalue weighted by molar-refractivity contribution is 0.0697. The molecule has 1 aromatic rings. The van der Waals surface area contributed by atoms with Gasteiger partial charge in [0.25, 0.3) is 0 Å². The van der Waals surface area contributed by atoms with Crippen molar-refractivity contribution in [3.05, 3.63) is 23.8 Å². The minimum atomic E-state index is -0.943. The Morgan fingerprint density at radius 2 is 2.00 bits per heavy atom. The van der Waals surface area contributed by atoms with E-state index in [1.165, 1.54) is 0 Å². The second kappa shape index (κ2) is 5.29. The molecule has 1 unspecified atom stereocenters. The number of aromatic carboxylic acids is 1. The number of methoxy groups -OCH3 is 1. The Morgan fingerprint density at radius 3 is 2.44 bits per heavy atom. The molecule has 2 N–H and O–H groups in total. The van der Waals surface area contributed by atoms with Gasteiger partial charge in [-0.25, -0.2) is 4.79 Å². The zero-order valence-electron chi connectivity index (χ0n) is 11.6. The molecule has 0 spiro atoms. The van der Waals surface area contributed by atoms with E-state index in [1.807, 2.05) is 6.92 Å². The molecule has 0 fully saturated rings. The van der Waals surface area contributed by atoms with E-state index < -0.39 is 5.97 Å². The third-order valence-corrected chi connectivity index (χ3v) is 3.13. The molecule has 1 rings (SSSR count). The third kappa shape index (κ3) is 3.39. The highest BCUT2D eigenvalue weighted by molar-refractivity contribution is 5.94. The van der Waals surface area contributed by atoms with E-state index in [1.54, 1.807) is 25.3 Å². The molecule has 0 saturated carbocycles. The Bertz CT molecular complexity index is 435. The molecular formula is C14H21NO3. The Hall–Kier alpha value is -1.71. The van der Waals surface area contributed by atoms with E-state index in [0.29, 0.717) is 11.4 Å². The molecule has 0 amide bonds. The Balaban J connectivity index is 3.08. The van der Waals surface area contributed by atoms with Gasteiger partial charge in [0.05, 0.1) is 18.4 Å². The van der Waals surface area contributed by atoms with Gasteiger partial charge in [-0.3, -0.25) is 0 Å². The van der Waals surface area contributed by atoms with E-state index in [9.17, 15) is 4.79 Å². The van der Waals surface area contributed by atoms with Crippen LogP contribution in [0.5, 0.6) is 5.75 Å². The predicted molar refractivity (Wildman–Crippen MR) is 72.5 cm³/mol. The average molecular weight is 251 g/mol. The molecule has 4 nitrogen and oxygen atoms in total. The minimum Gasteiger partial charge on any atom is -0.497 e. The maximum absolute atomic E-state index is 11.2. The van der Waals surface area contributed by atoms with E-state index in [4.69, 9.17) is 9.84 Å². The van der Waals surface area contributed by atoms with Gasteiger partial charge < -0.3 is 15.2 Å². The summed E-state index contributed by atoms with van der Waals surface area (Å²) in [6.07, 6.45) is 0. The molecule has 18 heavy (non-hydrogen) atoms. The number of carboxylic acids is 1. The molecule has 100 valence electrons. The van der Waals surface area contributed by atoms with E-state index in [2.05, 4.69) is 26.1 Å². The summed E-state index contributed by atoms with van der Waals surface area (Å²) in [6, 6.07) is 5.06. The van der Waals surface area contributed by atoms with Crippen molar-refractivity contribution in [1.82, 2.24) is 0 Å². The van der Waals surface area contributed by atoms with Gasteiger partial charge in [-0.05, 0) is 24.5 Å². The maximum atomic E-state index is 11.2. The summed E-state index contributed by atoms with van der Waals surface area (Å²) in [6.45, 7) is 8.34. The highest BCUT2D eigenvalue weighted by Crippen LogP contribution is 2.27. The summed E-state index contributed by atoms with van der Waals surface area (Å²) in [4.78, 5) is 11.2. The van der Waals surface area contributed by atoms with Crippen LogP contribution in [0.1, 0.15) is 38.1 Å². The van der Waals surface area contributed by atoms with Gasteiger partial charge in [0.15, 0.2) is 0 Å². The zero-order chi connectivity index (χ0) is 13.9. The summed E-state index contributed by atoms with van der Waals surface area (Å²) >= 11 is 0. The number of anilines is 1. The lowest BCUT2D eigenvalue weighted by Gasteiger charge is -2.29. The van der Waals surface area contributed by atoms with E-state index >= 15 is 0 Å². The topological polar surface area (TPSA) is 58.6 Å². The van der Waals surface area contributed by atoms with Crippen molar-refractivity contribution in [2.24, 2.45) is 5.41 Å². The molecule has 0 aliphatic rings. The van der Waals surface area contributed by atoms with Gasteiger partial charge in [0.2, 0.25) is 0 Å². The lowest BCUT2D eigenvalue weighted by atomic mass is 9.88. The van der Waals surface area contributed by atoms with Crippen LogP contribution >= 0.6 is 0 Å². The van der Waals surface area contributed by atoms with Crippen molar-refractivity contribution < 1.29 is 14.6 Å². The molecule has 0 aliphatic heterocycles. The molecule has 0 heterocycles. The fraction of sp³-hybridized carbons (Fsp3) is 0.500. The molecule has 0 bridgehead atoms. The Labute approximate surface area is 108 Å². The monoisotopic (exact) mass is 251 g/mol. The smallest absolute Gasteiger partial charge is 0.337 e. The Morgan fingerprint density at radius 1 is 1.39 bits per heavy atom. The quantitative estimate of drug-likeness (QED) is 0.862. The highest BCUT2D eigenvalue weighted by Gasteiger charge is 2.22. The Kier molecular flexibility index (Phi) is 4.22. The van der Waals surface area contributed by atoms with Crippen LogP contribution in [0.25, 0.3) is 0 Å². The number of carboxylic acid groups (broad SMARTS) is 1. The standard InChI is InChI=1S/C14H21NO3/c1-9(14(2,3)4)15-12-8-10(18-5)6-7-11(12)13(16)17/h6-9,15H,1-5H3,(H,16,17). The van der Waals surface area contributed by atoms with Gasteiger partial charge in [0, 0.05) is 12.1 Å². The van der Waals surface area contributed by atoms with Crippen molar-refractivity contribution >= 4 is 11.7 Å². The van der Waals surface area contributed by atoms with Gasteiger partial charge in [-0.15, -0.1) is 0 Å². The number of hydrogen-bond donors (Lipinski definition) is 2. The third-order valence-electron chi connectivity index (χ3n) is 3.13. The number of ether oxygens (including phenoxy) is 1. The molecule has 0 saturated heterocycles. The number of hydrogen-bond acceptors (Lipinski definition) is 3. The first-order chi connectivity index (χ1) is 8.25. The molecule has 4 heteroatoms. The largest absolute Gasteiger partial charge is 0.497 e. The van der Waals surface area contributed by atoms with Crippen LogP contribution in [-0.4, -0.2) is 24.2 Å². The first-order valence-electron chi connectivity index (χ1n) is 5.93. The fourth-order valence-electron chi connectivity index (χ4n) is 1.41. The second-order valence-electron chi connectivity index (χ2n) is 5.45. The number of benzene rings is 1. The van der Waals surface area contributed by atoms with Crippen LogP contribution in [0, 0.1) is 5.41 Å². The second-order valence-corrected chi connectivity index (χ2v) is 5.45. The van der Waals surface area contributed by atoms with Crippen molar-refractivity contribution in [1.29, 1.82) is 0 Å². The van der Waals surface area contributed by atoms with Crippen molar-refractivity contribution in [2.75, 3.05) is 12.4 Å². The normalized spacial score (nSPS) is 12.9. The SMILES string of the molecule is COc1ccc(C(=O)O)c(NC(C)C(C)(C)C)c1. The predicted octanol–water partition coefficient (Wildman–Crippen LogP) is 3.24. The fourth-order valence-corrected chi connectivity index (χ4v) is 1.41. The first-order valence-corrected chi connectivity index (χ1v) is 5.93. The molecule has 0 radical (unpaired) electrons. The summed E-state index contributed by atoms with van der Waals surface area (Å²) < 4.78 is 5.12. The van der Waals surface area contributed by atoms with Crippen molar-refractivity contribution in [3.63, 3.8) is 0 Å². The van der Waals surface area contributed by atoms with Crippen molar-refractivity contribution in [2.45, 2.75) is 33.7 Å². The highest BCUT2D eigenvalue weighted by atomic mass is 16.5. The summed E-state index contributed by atoms with van der Waals surface area (Å²) in [7, 11) is 1.56. The number of rotatable bonds is 4. The zero-order valence-corrected chi connectivity index (χ0v) is 11.6. The van der Waals surface area contributed by atoms with Crippen molar-refractivity contribution in [3.8, 4) is 5.75 Å².